The molecule has 0 aliphatic rings. The molecular weight excluding hydrogens is 462 g/mol. The minimum Gasteiger partial charge on any atom is -0.508 e. The Kier molecular flexibility index (Phi) is 10.4. The van der Waals surface area contributed by atoms with Crippen molar-refractivity contribution in [2.45, 2.75) is 19.8 Å². The fourth-order valence-corrected chi connectivity index (χ4v) is 3.29. The summed E-state index contributed by atoms with van der Waals surface area (Å²) in [5.41, 5.74) is 2.44. The lowest BCUT2D eigenvalue weighted by Gasteiger charge is -2.22. The number of halogens is 2. The van der Waals surface area contributed by atoms with Gasteiger partial charge in [0, 0.05) is 29.4 Å². The minimum atomic E-state index is -0.848. The van der Waals surface area contributed by atoms with E-state index in [9.17, 15) is 4.79 Å². The number of benzene rings is 2. The summed E-state index contributed by atoms with van der Waals surface area (Å²) in [5, 5.41) is 19.9. The SMILES string of the molecule is CC(C)c1ccccc1C(=O)O.Oc1ccc(N(CCBr)CCBr)cc1. The molecule has 0 saturated heterocycles. The lowest BCUT2D eigenvalue weighted by Crippen LogP contribution is -2.27. The van der Waals surface area contributed by atoms with E-state index >= 15 is 0 Å². The van der Waals surface area contributed by atoms with E-state index in [1.807, 2.05) is 38.1 Å². The van der Waals surface area contributed by atoms with Crippen molar-refractivity contribution in [2.24, 2.45) is 0 Å². The molecule has 0 heterocycles. The number of phenolic OH excluding ortho intramolecular Hbond substituents is 1. The number of carboxylic acids is 1. The van der Waals surface area contributed by atoms with Crippen LogP contribution in [0.15, 0.2) is 48.5 Å². The van der Waals surface area contributed by atoms with Crippen LogP contribution in [0.2, 0.25) is 0 Å². The summed E-state index contributed by atoms with van der Waals surface area (Å²) in [6.07, 6.45) is 0. The minimum absolute atomic E-state index is 0.261. The number of alkyl halides is 2. The Labute approximate surface area is 172 Å². The van der Waals surface area contributed by atoms with E-state index in [1.54, 1.807) is 24.3 Å². The zero-order valence-electron chi connectivity index (χ0n) is 15.0. The second kappa shape index (κ2) is 12.0. The van der Waals surface area contributed by atoms with Crippen LogP contribution in [0.3, 0.4) is 0 Å². The van der Waals surface area contributed by atoms with Crippen LogP contribution in [-0.2, 0) is 0 Å². The lowest BCUT2D eigenvalue weighted by molar-refractivity contribution is 0.0695. The van der Waals surface area contributed by atoms with Crippen LogP contribution >= 0.6 is 31.9 Å². The summed E-state index contributed by atoms with van der Waals surface area (Å²) in [4.78, 5) is 13.0. The largest absolute Gasteiger partial charge is 0.508 e. The summed E-state index contributed by atoms with van der Waals surface area (Å²) < 4.78 is 0. The summed E-state index contributed by atoms with van der Waals surface area (Å²) >= 11 is 6.85. The summed E-state index contributed by atoms with van der Waals surface area (Å²) in [6.45, 7) is 5.91. The smallest absolute Gasteiger partial charge is 0.335 e. The van der Waals surface area contributed by atoms with E-state index in [0.717, 1.165) is 35.0 Å². The average molecular weight is 487 g/mol. The Bertz CT molecular complexity index is 669. The van der Waals surface area contributed by atoms with Gasteiger partial charge in [0.2, 0.25) is 0 Å². The van der Waals surface area contributed by atoms with Gasteiger partial charge in [-0.1, -0.05) is 63.9 Å². The van der Waals surface area contributed by atoms with E-state index in [4.69, 9.17) is 10.2 Å². The number of aromatic hydroxyl groups is 1. The first-order valence-electron chi connectivity index (χ1n) is 8.38. The molecule has 0 bridgehead atoms. The Morgan fingerprint density at radius 2 is 1.54 bits per heavy atom. The van der Waals surface area contributed by atoms with Crippen LogP contribution < -0.4 is 4.90 Å². The van der Waals surface area contributed by atoms with Crippen molar-refractivity contribution in [3.05, 3.63) is 59.7 Å². The van der Waals surface area contributed by atoms with Crippen molar-refractivity contribution >= 4 is 43.5 Å². The van der Waals surface area contributed by atoms with Crippen molar-refractivity contribution in [1.82, 2.24) is 0 Å². The molecule has 2 N–H and O–H groups in total. The second-order valence-corrected chi connectivity index (χ2v) is 7.51. The van der Waals surface area contributed by atoms with Crippen LogP contribution in [0.1, 0.15) is 35.7 Å². The third-order valence-corrected chi connectivity index (χ3v) is 4.45. The van der Waals surface area contributed by atoms with Gasteiger partial charge in [-0.2, -0.15) is 0 Å². The number of anilines is 1. The first kappa shape index (κ1) is 22.5. The number of carboxylic acid groups (broad SMARTS) is 1. The summed E-state index contributed by atoms with van der Waals surface area (Å²) in [5.74, 6) is -0.275. The maximum Gasteiger partial charge on any atom is 0.335 e. The van der Waals surface area contributed by atoms with Crippen LogP contribution in [0.4, 0.5) is 5.69 Å². The number of aromatic carboxylic acids is 1. The highest BCUT2D eigenvalue weighted by molar-refractivity contribution is 9.09. The predicted molar refractivity (Wildman–Crippen MR) is 115 cm³/mol. The highest BCUT2D eigenvalue weighted by Crippen LogP contribution is 2.19. The highest BCUT2D eigenvalue weighted by atomic mass is 79.9. The van der Waals surface area contributed by atoms with Gasteiger partial charge in [0.05, 0.1) is 5.56 Å². The van der Waals surface area contributed by atoms with Crippen LogP contribution in [0, 0.1) is 0 Å². The Morgan fingerprint density at radius 1 is 1.00 bits per heavy atom. The van der Waals surface area contributed by atoms with E-state index in [2.05, 4.69) is 36.8 Å². The molecule has 2 aromatic rings. The predicted octanol–water partition coefficient (Wildman–Crippen LogP) is 5.50. The third kappa shape index (κ3) is 7.38. The van der Waals surface area contributed by atoms with Crippen molar-refractivity contribution in [3.8, 4) is 5.75 Å². The molecule has 0 aliphatic carbocycles. The Balaban J connectivity index is 0.000000263. The second-order valence-electron chi connectivity index (χ2n) is 5.93. The van der Waals surface area contributed by atoms with Gasteiger partial charge in [0.15, 0.2) is 0 Å². The number of hydrogen-bond acceptors (Lipinski definition) is 3. The van der Waals surface area contributed by atoms with E-state index in [-0.39, 0.29) is 5.92 Å². The van der Waals surface area contributed by atoms with Gasteiger partial charge in [-0.05, 0) is 41.8 Å². The van der Waals surface area contributed by atoms with Gasteiger partial charge in [0.25, 0.3) is 0 Å². The first-order valence-corrected chi connectivity index (χ1v) is 10.6. The van der Waals surface area contributed by atoms with Crippen molar-refractivity contribution in [1.29, 1.82) is 0 Å². The lowest BCUT2D eigenvalue weighted by atomic mass is 9.97. The molecule has 142 valence electrons. The third-order valence-electron chi connectivity index (χ3n) is 3.74. The summed E-state index contributed by atoms with van der Waals surface area (Å²) in [6, 6.07) is 14.4. The van der Waals surface area contributed by atoms with Crippen LogP contribution in [0.25, 0.3) is 0 Å². The zero-order chi connectivity index (χ0) is 19.5. The molecule has 0 amide bonds. The molecule has 26 heavy (non-hydrogen) atoms. The van der Waals surface area contributed by atoms with Gasteiger partial charge >= 0.3 is 5.97 Å². The Morgan fingerprint density at radius 3 is 1.96 bits per heavy atom. The molecule has 4 nitrogen and oxygen atoms in total. The van der Waals surface area contributed by atoms with Crippen molar-refractivity contribution in [2.75, 3.05) is 28.6 Å². The normalized spacial score (nSPS) is 10.2. The zero-order valence-corrected chi connectivity index (χ0v) is 18.2. The molecular formula is C20H25Br2NO3. The first-order chi connectivity index (χ1) is 12.4. The Hall–Kier alpha value is -1.53. The van der Waals surface area contributed by atoms with E-state index < -0.39 is 5.97 Å². The van der Waals surface area contributed by atoms with Crippen LogP contribution in [0.5, 0.6) is 5.75 Å². The van der Waals surface area contributed by atoms with Crippen molar-refractivity contribution in [3.63, 3.8) is 0 Å². The summed E-state index contributed by atoms with van der Waals surface area (Å²) in [7, 11) is 0. The van der Waals surface area contributed by atoms with Crippen LogP contribution in [-0.4, -0.2) is 39.9 Å². The number of carbonyl (C=O) groups is 1. The van der Waals surface area contributed by atoms with E-state index in [1.165, 1.54) is 0 Å². The fraction of sp³-hybridized carbons (Fsp3) is 0.350. The molecule has 0 aromatic heterocycles. The molecule has 2 aromatic carbocycles. The molecule has 6 heteroatoms. The quantitative estimate of drug-likeness (QED) is 0.507. The molecule has 0 atom stereocenters. The molecule has 0 saturated carbocycles. The standard InChI is InChI=1S/C10H13Br2NO.C10H12O2/c11-5-7-13(8-6-12)9-1-3-10(14)4-2-9;1-7(2)8-5-3-4-6-9(8)10(11)12/h1-4,14H,5-8H2;3-7H,1-2H3,(H,11,12). The molecule has 0 fully saturated rings. The number of hydrogen-bond donors (Lipinski definition) is 2. The topological polar surface area (TPSA) is 60.8 Å². The molecule has 2 rings (SSSR count). The average Bonchev–Trinajstić information content (AvgIpc) is 2.62. The number of phenols is 1. The van der Waals surface area contributed by atoms with Gasteiger partial charge in [-0.25, -0.2) is 4.79 Å². The highest BCUT2D eigenvalue weighted by Gasteiger charge is 2.10. The van der Waals surface area contributed by atoms with E-state index in [0.29, 0.717) is 11.3 Å². The number of rotatable bonds is 7. The number of nitrogens with zero attached hydrogens (tertiary/aromatic N) is 1. The van der Waals surface area contributed by atoms with Crippen molar-refractivity contribution < 1.29 is 15.0 Å². The monoisotopic (exact) mass is 485 g/mol. The van der Waals surface area contributed by atoms with Gasteiger partial charge < -0.3 is 15.1 Å². The maximum atomic E-state index is 10.7. The molecule has 0 aliphatic heterocycles. The van der Waals surface area contributed by atoms with Gasteiger partial charge in [0.1, 0.15) is 5.75 Å². The van der Waals surface area contributed by atoms with Gasteiger partial charge in [-0.3, -0.25) is 0 Å². The molecule has 0 spiro atoms. The molecule has 0 radical (unpaired) electrons. The van der Waals surface area contributed by atoms with Gasteiger partial charge in [-0.15, -0.1) is 0 Å². The fourth-order valence-electron chi connectivity index (χ4n) is 2.43. The maximum absolute atomic E-state index is 10.7. The molecule has 0 unspecified atom stereocenters.